The number of rotatable bonds is 3. The maximum absolute atomic E-state index is 9.25. The van der Waals surface area contributed by atoms with Gasteiger partial charge in [-0.05, 0) is 31.7 Å². The molecule has 1 fully saturated rings. The summed E-state index contributed by atoms with van der Waals surface area (Å²) in [5.41, 5.74) is 3.62. The van der Waals surface area contributed by atoms with E-state index in [9.17, 15) is 5.26 Å². The second-order valence-electron chi connectivity index (χ2n) is 5.97. The third kappa shape index (κ3) is 2.58. The summed E-state index contributed by atoms with van der Waals surface area (Å²) in [6.45, 7) is 2.07. The summed E-state index contributed by atoms with van der Waals surface area (Å²) >= 11 is 1.63. The Morgan fingerprint density at radius 2 is 2.21 bits per heavy atom. The maximum Gasteiger partial charge on any atom is 0.103 e. The highest BCUT2D eigenvalue weighted by Crippen LogP contribution is 2.30. The molecule has 0 aromatic carbocycles. The predicted molar refractivity (Wildman–Crippen MR) is 94.0 cm³/mol. The Balaban J connectivity index is 1.74. The number of nitriles is 1. The Morgan fingerprint density at radius 3 is 2.96 bits per heavy atom. The van der Waals surface area contributed by atoms with Gasteiger partial charge < -0.3 is 5.32 Å². The van der Waals surface area contributed by atoms with E-state index >= 15 is 0 Å². The number of piperidine rings is 1. The van der Waals surface area contributed by atoms with Gasteiger partial charge >= 0.3 is 0 Å². The van der Waals surface area contributed by atoms with Crippen LogP contribution >= 0.6 is 11.8 Å². The maximum atomic E-state index is 9.25. The van der Waals surface area contributed by atoms with E-state index in [1.54, 1.807) is 22.5 Å². The summed E-state index contributed by atoms with van der Waals surface area (Å²) < 4.78 is 3.85. The van der Waals surface area contributed by atoms with E-state index in [2.05, 4.69) is 38.5 Å². The van der Waals surface area contributed by atoms with Crippen LogP contribution in [0.5, 0.6) is 0 Å². The lowest BCUT2D eigenvalue weighted by molar-refractivity contribution is 0.347. The Hall–Kier alpha value is -2.30. The molecule has 0 amide bonds. The fraction of sp³-hybridized carbons (Fsp3) is 0.353. The van der Waals surface area contributed by atoms with Crippen molar-refractivity contribution in [2.75, 3.05) is 19.3 Å². The normalized spacial score (nSPS) is 17.9. The fourth-order valence-electron chi connectivity index (χ4n) is 3.23. The highest BCUT2D eigenvalue weighted by atomic mass is 32.2. The van der Waals surface area contributed by atoms with Crippen LogP contribution in [0.4, 0.5) is 0 Å². The lowest BCUT2D eigenvalue weighted by atomic mass is 10.1. The van der Waals surface area contributed by atoms with E-state index in [1.165, 1.54) is 6.42 Å². The molecule has 1 aliphatic heterocycles. The van der Waals surface area contributed by atoms with Crippen molar-refractivity contribution in [1.29, 1.82) is 5.26 Å². The molecule has 0 spiro atoms. The molecule has 24 heavy (non-hydrogen) atoms. The molecule has 0 aliphatic carbocycles. The first kappa shape index (κ1) is 15.2. The first-order chi connectivity index (χ1) is 11.8. The third-order valence-electron chi connectivity index (χ3n) is 4.50. The lowest BCUT2D eigenvalue weighted by Crippen LogP contribution is -2.31. The molecule has 122 valence electrons. The van der Waals surface area contributed by atoms with Crippen molar-refractivity contribution in [3.63, 3.8) is 0 Å². The minimum atomic E-state index is 0.422. The fourth-order valence-corrected chi connectivity index (χ4v) is 3.87. The molecule has 3 aromatic rings. The van der Waals surface area contributed by atoms with Crippen molar-refractivity contribution in [2.24, 2.45) is 0 Å². The van der Waals surface area contributed by atoms with Gasteiger partial charge in [-0.2, -0.15) is 15.5 Å². The smallest absolute Gasteiger partial charge is 0.103 e. The number of aromatic nitrogens is 4. The van der Waals surface area contributed by atoms with Crippen LogP contribution in [0.1, 0.15) is 24.4 Å². The highest BCUT2D eigenvalue weighted by molar-refractivity contribution is 7.98. The number of nitrogens with one attached hydrogen (secondary N) is 1. The van der Waals surface area contributed by atoms with Gasteiger partial charge in [0.25, 0.3) is 0 Å². The lowest BCUT2D eigenvalue weighted by Gasteiger charge is -2.22. The summed E-state index contributed by atoms with van der Waals surface area (Å²) in [5, 5.41) is 21.6. The second kappa shape index (κ2) is 6.30. The molecule has 0 saturated carbocycles. The number of nitrogens with zero attached hydrogens (tertiary/aromatic N) is 5. The third-order valence-corrected chi connectivity index (χ3v) is 5.25. The second-order valence-corrected chi connectivity index (χ2v) is 6.82. The van der Waals surface area contributed by atoms with E-state index in [0.717, 1.165) is 41.0 Å². The van der Waals surface area contributed by atoms with Crippen LogP contribution in [0.15, 0.2) is 35.7 Å². The van der Waals surface area contributed by atoms with E-state index in [-0.39, 0.29) is 0 Å². The Kier molecular flexibility index (Phi) is 4.00. The molecule has 1 atom stereocenters. The molecule has 3 aromatic heterocycles. The highest BCUT2D eigenvalue weighted by Gasteiger charge is 2.17. The summed E-state index contributed by atoms with van der Waals surface area (Å²) in [5.74, 6) is 0. The van der Waals surface area contributed by atoms with Gasteiger partial charge in [0.2, 0.25) is 0 Å². The minimum Gasteiger partial charge on any atom is -0.315 e. The average molecular weight is 338 g/mol. The topological polar surface area (TPSA) is 70.9 Å². The zero-order valence-electron chi connectivity index (χ0n) is 13.4. The van der Waals surface area contributed by atoms with Crippen LogP contribution in [0, 0.1) is 11.3 Å². The van der Waals surface area contributed by atoms with Crippen LogP contribution in [0.2, 0.25) is 0 Å². The van der Waals surface area contributed by atoms with Gasteiger partial charge in [-0.15, -0.1) is 11.8 Å². The number of hydrogen-bond donors (Lipinski definition) is 1. The molecule has 1 saturated heterocycles. The molecule has 4 rings (SSSR count). The van der Waals surface area contributed by atoms with Gasteiger partial charge in [0.15, 0.2) is 0 Å². The molecule has 1 aliphatic rings. The number of fused-ring (bicyclic) bond motifs is 1. The summed E-state index contributed by atoms with van der Waals surface area (Å²) in [7, 11) is 0. The van der Waals surface area contributed by atoms with Gasteiger partial charge in [0, 0.05) is 35.0 Å². The summed E-state index contributed by atoms with van der Waals surface area (Å²) in [6.07, 6.45) is 12.0. The van der Waals surface area contributed by atoms with Crippen LogP contribution in [0.3, 0.4) is 0 Å². The molecule has 4 heterocycles. The zero-order chi connectivity index (χ0) is 16.5. The Bertz CT molecular complexity index is 913. The first-order valence-corrected chi connectivity index (χ1v) is 9.23. The van der Waals surface area contributed by atoms with Crippen molar-refractivity contribution < 1.29 is 0 Å². The van der Waals surface area contributed by atoms with Gasteiger partial charge in [0.05, 0.1) is 29.5 Å². The SMILES string of the molecule is CSc1cc(-c2cnn([C@H]3CCCNC3)c2)cn2ncc(C#N)c12. The van der Waals surface area contributed by atoms with E-state index in [0.29, 0.717) is 11.6 Å². The van der Waals surface area contributed by atoms with Crippen molar-refractivity contribution >= 4 is 17.3 Å². The standard InChI is InChI=1S/C17H18N6S/c1-24-16-5-12(10-23-17(16)13(6-18)7-21-23)14-8-20-22(11-14)15-3-2-4-19-9-15/h5,7-8,10-11,15,19H,2-4,9H2,1H3/t15-/m0/s1. The molecule has 0 bridgehead atoms. The van der Waals surface area contributed by atoms with Crippen molar-refractivity contribution in [2.45, 2.75) is 23.8 Å². The molecular weight excluding hydrogens is 320 g/mol. The molecular formula is C17H18N6S. The van der Waals surface area contributed by atoms with Gasteiger partial charge in [-0.25, -0.2) is 4.52 Å². The van der Waals surface area contributed by atoms with Crippen LogP contribution < -0.4 is 5.32 Å². The number of pyridine rings is 1. The predicted octanol–water partition coefficient (Wildman–Crippen LogP) is 2.72. The molecule has 0 radical (unpaired) electrons. The number of thioether (sulfide) groups is 1. The van der Waals surface area contributed by atoms with Crippen LogP contribution in [-0.2, 0) is 0 Å². The van der Waals surface area contributed by atoms with Crippen molar-refractivity contribution in [3.05, 3.63) is 36.4 Å². The van der Waals surface area contributed by atoms with Gasteiger partial charge in [-0.1, -0.05) is 0 Å². The molecule has 0 unspecified atom stereocenters. The van der Waals surface area contributed by atoms with E-state index < -0.39 is 0 Å². The van der Waals surface area contributed by atoms with E-state index in [4.69, 9.17) is 0 Å². The molecule has 6 nitrogen and oxygen atoms in total. The van der Waals surface area contributed by atoms with Gasteiger partial charge in [0.1, 0.15) is 6.07 Å². The van der Waals surface area contributed by atoms with E-state index in [1.807, 2.05) is 18.6 Å². The largest absolute Gasteiger partial charge is 0.315 e. The number of hydrogen-bond acceptors (Lipinski definition) is 5. The quantitative estimate of drug-likeness (QED) is 0.744. The monoisotopic (exact) mass is 338 g/mol. The van der Waals surface area contributed by atoms with Gasteiger partial charge in [-0.3, -0.25) is 4.68 Å². The summed E-state index contributed by atoms with van der Waals surface area (Å²) in [4.78, 5) is 1.05. The van der Waals surface area contributed by atoms with Crippen LogP contribution in [0.25, 0.3) is 16.6 Å². The minimum absolute atomic E-state index is 0.422. The van der Waals surface area contributed by atoms with Crippen LogP contribution in [-0.4, -0.2) is 38.7 Å². The molecule has 7 heteroatoms. The molecule has 1 N–H and O–H groups in total. The Labute approximate surface area is 144 Å². The Morgan fingerprint density at radius 1 is 1.29 bits per heavy atom. The summed E-state index contributed by atoms with van der Waals surface area (Å²) in [6, 6.07) is 4.75. The van der Waals surface area contributed by atoms with Crippen molar-refractivity contribution in [3.8, 4) is 17.2 Å². The first-order valence-electron chi connectivity index (χ1n) is 8.01. The van der Waals surface area contributed by atoms with Crippen molar-refractivity contribution in [1.82, 2.24) is 24.7 Å². The zero-order valence-corrected chi connectivity index (χ0v) is 14.3. The average Bonchev–Trinajstić information content (AvgIpc) is 3.28.